The smallest absolute Gasteiger partial charge is 0.370 e. The molecule has 0 radical (unpaired) electrons. The standard InChI is InChI=1S/C24H44O9/c1-4-7-10-13-16-31-20(25)19-23(28,21(26)32-17-14-11-8-5-2)24(29,30)22(27)33-18-15-12-9-6-3/h28-30H,4-19H2,1-3H3. The number of hydrogen-bond donors (Lipinski definition) is 3. The Morgan fingerprint density at radius 1 is 0.576 bits per heavy atom. The van der Waals surface area contributed by atoms with Crippen molar-refractivity contribution in [2.24, 2.45) is 0 Å². The Bertz CT molecular complexity index is 562. The van der Waals surface area contributed by atoms with Gasteiger partial charge in [-0.3, -0.25) is 4.79 Å². The summed E-state index contributed by atoms with van der Waals surface area (Å²) in [7, 11) is 0. The summed E-state index contributed by atoms with van der Waals surface area (Å²) in [6.07, 6.45) is 8.48. The first kappa shape index (κ1) is 31.3. The Morgan fingerprint density at radius 2 is 0.970 bits per heavy atom. The molecule has 0 aliphatic rings. The maximum Gasteiger partial charge on any atom is 0.370 e. The zero-order valence-corrected chi connectivity index (χ0v) is 20.6. The van der Waals surface area contributed by atoms with E-state index in [1.54, 1.807) is 0 Å². The van der Waals surface area contributed by atoms with Crippen LogP contribution in [0.5, 0.6) is 0 Å². The largest absolute Gasteiger partial charge is 0.466 e. The minimum absolute atomic E-state index is 0.0483. The first-order chi connectivity index (χ1) is 15.7. The number of rotatable bonds is 20. The molecule has 0 bridgehead atoms. The number of carbonyl (C=O) groups is 3. The molecule has 0 saturated heterocycles. The van der Waals surface area contributed by atoms with Crippen molar-refractivity contribution in [1.29, 1.82) is 0 Å². The first-order valence-corrected chi connectivity index (χ1v) is 12.3. The highest BCUT2D eigenvalue weighted by Gasteiger charge is 2.63. The molecule has 1 atom stereocenters. The van der Waals surface area contributed by atoms with Crippen LogP contribution in [0.2, 0.25) is 0 Å². The van der Waals surface area contributed by atoms with Crippen LogP contribution in [-0.2, 0) is 28.6 Å². The maximum absolute atomic E-state index is 12.6. The lowest BCUT2D eigenvalue weighted by Crippen LogP contribution is -2.65. The van der Waals surface area contributed by atoms with Crippen LogP contribution >= 0.6 is 0 Å². The van der Waals surface area contributed by atoms with Gasteiger partial charge in [-0.2, -0.15) is 0 Å². The highest BCUT2D eigenvalue weighted by Crippen LogP contribution is 2.28. The molecule has 0 aromatic rings. The van der Waals surface area contributed by atoms with E-state index in [1.165, 1.54) is 0 Å². The molecule has 9 heteroatoms. The fourth-order valence-corrected chi connectivity index (χ4v) is 3.09. The summed E-state index contributed by atoms with van der Waals surface area (Å²) >= 11 is 0. The average molecular weight is 477 g/mol. The van der Waals surface area contributed by atoms with Crippen LogP contribution in [0.25, 0.3) is 0 Å². The van der Waals surface area contributed by atoms with Crippen LogP contribution in [0.4, 0.5) is 0 Å². The molecule has 0 aliphatic heterocycles. The quantitative estimate of drug-likeness (QED) is 0.105. The number of carbonyl (C=O) groups excluding carboxylic acids is 3. The summed E-state index contributed by atoms with van der Waals surface area (Å²) in [4.78, 5) is 37.2. The van der Waals surface area contributed by atoms with E-state index >= 15 is 0 Å². The molecule has 0 aromatic carbocycles. The van der Waals surface area contributed by atoms with Crippen LogP contribution in [0, 0.1) is 0 Å². The van der Waals surface area contributed by atoms with Crippen LogP contribution in [-0.4, -0.2) is 64.4 Å². The van der Waals surface area contributed by atoms with Crippen molar-refractivity contribution in [3.05, 3.63) is 0 Å². The lowest BCUT2D eigenvalue weighted by atomic mass is 9.89. The molecule has 0 rings (SSSR count). The SMILES string of the molecule is CCCCCCOC(=O)CC(O)(C(=O)OCCCCCC)C(O)(O)C(=O)OCCCCCC. The first-order valence-electron chi connectivity index (χ1n) is 12.3. The molecular weight excluding hydrogens is 432 g/mol. The van der Waals surface area contributed by atoms with Gasteiger partial charge in [-0.25, -0.2) is 9.59 Å². The zero-order chi connectivity index (χ0) is 25.2. The van der Waals surface area contributed by atoms with Gasteiger partial charge in [-0.05, 0) is 19.3 Å². The van der Waals surface area contributed by atoms with E-state index < -0.39 is 35.7 Å². The van der Waals surface area contributed by atoms with Gasteiger partial charge in [0.15, 0.2) is 0 Å². The Kier molecular flexibility index (Phi) is 16.8. The average Bonchev–Trinajstić information content (AvgIpc) is 2.78. The van der Waals surface area contributed by atoms with Crippen LogP contribution < -0.4 is 0 Å². The highest BCUT2D eigenvalue weighted by molar-refractivity contribution is 5.94. The van der Waals surface area contributed by atoms with Gasteiger partial charge in [0.1, 0.15) is 0 Å². The Balaban J connectivity index is 5.20. The van der Waals surface area contributed by atoms with Crippen LogP contribution in [0.1, 0.15) is 104 Å². The third-order valence-corrected chi connectivity index (χ3v) is 5.32. The fourth-order valence-electron chi connectivity index (χ4n) is 3.09. The lowest BCUT2D eigenvalue weighted by molar-refractivity contribution is -0.277. The van der Waals surface area contributed by atoms with E-state index in [-0.39, 0.29) is 19.8 Å². The van der Waals surface area contributed by atoms with Gasteiger partial charge >= 0.3 is 23.7 Å². The predicted octanol–water partition coefficient (Wildman–Crippen LogP) is 3.16. The van der Waals surface area contributed by atoms with E-state index in [4.69, 9.17) is 14.2 Å². The maximum atomic E-state index is 12.6. The second-order valence-corrected chi connectivity index (χ2v) is 8.38. The van der Waals surface area contributed by atoms with Crippen LogP contribution in [0.15, 0.2) is 0 Å². The van der Waals surface area contributed by atoms with Gasteiger partial charge in [0, 0.05) is 0 Å². The topological polar surface area (TPSA) is 140 Å². The number of aliphatic hydroxyl groups is 3. The molecule has 0 saturated carbocycles. The van der Waals surface area contributed by atoms with Crippen molar-refractivity contribution in [3.8, 4) is 0 Å². The Hall–Kier alpha value is -1.71. The van der Waals surface area contributed by atoms with E-state index in [9.17, 15) is 29.7 Å². The molecule has 33 heavy (non-hydrogen) atoms. The molecule has 3 N–H and O–H groups in total. The van der Waals surface area contributed by atoms with Crippen molar-refractivity contribution >= 4 is 17.9 Å². The summed E-state index contributed by atoms with van der Waals surface area (Å²) in [5, 5.41) is 31.7. The zero-order valence-electron chi connectivity index (χ0n) is 20.6. The molecule has 0 amide bonds. The summed E-state index contributed by atoms with van der Waals surface area (Å²) in [6, 6.07) is 0. The summed E-state index contributed by atoms with van der Waals surface area (Å²) in [6.45, 7) is 5.88. The van der Waals surface area contributed by atoms with Gasteiger partial charge in [-0.1, -0.05) is 78.6 Å². The van der Waals surface area contributed by atoms with Gasteiger partial charge in [0.2, 0.25) is 5.60 Å². The molecule has 0 aromatic heterocycles. The molecule has 1 unspecified atom stereocenters. The van der Waals surface area contributed by atoms with Crippen molar-refractivity contribution in [2.45, 2.75) is 116 Å². The minimum atomic E-state index is -3.68. The number of unbranched alkanes of at least 4 members (excludes halogenated alkanes) is 9. The normalized spacial score (nSPS) is 13.3. The molecule has 194 valence electrons. The van der Waals surface area contributed by atoms with E-state index in [2.05, 4.69) is 0 Å². The lowest BCUT2D eigenvalue weighted by Gasteiger charge is -2.34. The minimum Gasteiger partial charge on any atom is -0.466 e. The molecular formula is C24H44O9. The second-order valence-electron chi connectivity index (χ2n) is 8.38. The Morgan fingerprint density at radius 3 is 1.39 bits per heavy atom. The number of esters is 3. The molecule has 0 spiro atoms. The van der Waals surface area contributed by atoms with Crippen molar-refractivity contribution < 1.29 is 43.9 Å². The summed E-state index contributed by atoms with van der Waals surface area (Å²) < 4.78 is 14.8. The number of ether oxygens (including phenoxy) is 3. The van der Waals surface area contributed by atoms with Crippen molar-refractivity contribution in [3.63, 3.8) is 0 Å². The third-order valence-electron chi connectivity index (χ3n) is 5.32. The molecule has 0 heterocycles. The summed E-state index contributed by atoms with van der Waals surface area (Å²) in [5.41, 5.74) is -3.27. The van der Waals surface area contributed by atoms with Crippen molar-refractivity contribution in [2.75, 3.05) is 19.8 Å². The second kappa shape index (κ2) is 17.7. The van der Waals surface area contributed by atoms with Gasteiger partial charge in [0.25, 0.3) is 0 Å². The number of hydrogen-bond acceptors (Lipinski definition) is 9. The Labute approximate surface area is 197 Å². The fraction of sp³-hybridized carbons (Fsp3) is 0.875. The molecule has 9 nitrogen and oxygen atoms in total. The molecule has 0 aliphatic carbocycles. The highest BCUT2D eigenvalue weighted by atomic mass is 16.6. The van der Waals surface area contributed by atoms with E-state index in [0.29, 0.717) is 19.3 Å². The van der Waals surface area contributed by atoms with Gasteiger partial charge in [0.05, 0.1) is 26.2 Å². The van der Waals surface area contributed by atoms with Crippen molar-refractivity contribution in [1.82, 2.24) is 0 Å². The van der Waals surface area contributed by atoms with Crippen LogP contribution in [0.3, 0.4) is 0 Å². The van der Waals surface area contributed by atoms with E-state index in [0.717, 1.165) is 57.8 Å². The third kappa shape index (κ3) is 11.8. The predicted molar refractivity (Wildman–Crippen MR) is 122 cm³/mol. The molecule has 0 fully saturated rings. The monoisotopic (exact) mass is 476 g/mol. The van der Waals surface area contributed by atoms with Gasteiger partial charge in [-0.15, -0.1) is 0 Å². The van der Waals surface area contributed by atoms with E-state index in [1.807, 2.05) is 20.8 Å². The summed E-state index contributed by atoms with van der Waals surface area (Å²) in [5.74, 6) is -7.85. The van der Waals surface area contributed by atoms with Gasteiger partial charge < -0.3 is 29.5 Å².